The molecule has 2 fully saturated rings. The molecule has 5 nitrogen and oxygen atoms in total. The van der Waals surface area contributed by atoms with E-state index in [1.54, 1.807) is 0 Å². The number of carbonyl (C=O) groups excluding carboxylic acids is 2. The lowest BCUT2D eigenvalue weighted by atomic mass is 9.93. The molecule has 2 aliphatic rings. The van der Waals surface area contributed by atoms with Crippen molar-refractivity contribution in [3.8, 4) is 0 Å². The van der Waals surface area contributed by atoms with Crippen molar-refractivity contribution in [3.05, 3.63) is 30.3 Å². The topological polar surface area (TPSA) is 66.6 Å². The highest BCUT2D eigenvalue weighted by atomic mass is 16.2. The van der Waals surface area contributed by atoms with E-state index in [1.807, 2.05) is 35.2 Å². The summed E-state index contributed by atoms with van der Waals surface area (Å²) in [5.74, 6) is -0.228. The fourth-order valence-corrected chi connectivity index (χ4v) is 4.19. The normalized spacial score (nSPS) is 22.5. The number of nitrogens with two attached hydrogens (primary N) is 1. The molecule has 1 heterocycles. The van der Waals surface area contributed by atoms with E-state index in [0.29, 0.717) is 19.1 Å². The van der Waals surface area contributed by atoms with Crippen molar-refractivity contribution < 1.29 is 9.59 Å². The number of nitrogens with zero attached hydrogens (tertiary/aromatic N) is 2. The van der Waals surface area contributed by atoms with Gasteiger partial charge in [0, 0.05) is 18.3 Å². The van der Waals surface area contributed by atoms with Crippen molar-refractivity contribution in [2.24, 2.45) is 11.7 Å². The zero-order valence-corrected chi connectivity index (χ0v) is 14.9. The number of likely N-dealkylation sites (tertiary alicyclic amines) is 1. The van der Waals surface area contributed by atoms with E-state index in [2.05, 4.69) is 4.90 Å². The van der Waals surface area contributed by atoms with Crippen LogP contribution in [-0.2, 0) is 9.59 Å². The summed E-state index contributed by atoms with van der Waals surface area (Å²) >= 11 is 0. The predicted octanol–water partition coefficient (Wildman–Crippen LogP) is 2.55. The molecular formula is C20H29N3O2. The first-order chi connectivity index (χ1) is 12.1. The number of piperidine rings is 1. The zero-order valence-electron chi connectivity index (χ0n) is 14.9. The molecule has 1 aromatic rings. The van der Waals surface area contributed by atoms with Crippen molar-refractivity contribution in [3.63, 3.8) is 0 Å². The van der Waals surface area contributed by atoms with Crippen molar-refractivity contribution in [2.75, 3.05) is 24.5 Å². The summed E-state index contributed by atoms with van der Waals surface area (Å²) in [7, 11) is 0. The molecule has 5 heteroatoms. The molecule has 1 atom stereocenters. The standard InChI is InChI=1S/C20H29N3O2/c21-20(25)16-8-7-13-22(14-16)15-19(24)23(17-9-3-1-4-10-17)18-11-5-2-6-12-18/h1,3-4,9-10,16,18H,2,5-8,11-15H2,(H2,21,25)/t16-/m1/s1. The maximum absolute atomic E-state index is 13.2. The summed E-state index contributed by atoms with van der Waals surface area (Å²) in [6.07, 6.45) is 7.55. The van der Waals surface area contributed by atoms with E-state index < -0.39 is 0 Å². The van der Waals surface area contributed by atoms with E-state index in [0.717, 1.165) is 37.9 Å². The maximum Gasteiger partial charge on any atom is 0.241 e. The van der Waals surface area contributed by atoms with Crippen LogP contribution in [0.5, 0.6) is 0 Å². The maximum atomic E-state index is 13.2. The second-order valence-corrected chi connectivity index (χ2v) is 7.37. The summed E-state index contributed by atoms with van der Waals surface area (Å²) in [6.45, 7) is 1.84. The third kappa shape index (κ3) is 4.60. The average molecular weight is 343 g/mol. The number of hydrogen-bond acceptors (Lipinski definition) is 3. The van der Waals surface area contributed by atoms with Gasteiger partial charge in [-0.25, -0.2) is 0 Å². The molecule has 1 saturated heterocycles. The number of amides is 2. The highest BCUT2D eigenvalue weighted by molar-refractivity contribution is 5.95. The number of para-hydroxylation sites is 1. The molecule has 1 aliphatic heterocycles. The quantitative estimate of drug-likeness (QED) is 0.893. The predicted molar refractivity (Wildman–Crippen MR) is 99.2 cm³/mol. The Hall–Kier alpha value is -1.88. The lowest BCUT2D eigenvalue weighted by molar-refractivity contribution is -0.126. The van der Waals surface area contributed by atoms with Gasteiger partial charge in [0.25, 0.3) is 0 Å². The summed E-state index contributed by atoms with van der Waals surface area (Å²) < 4.78 is 0. The van der Waals surface area contributed by atoms with Crippen LogP contribution in [0.25, 0.3) is 0 Å². The van der Waals surface area contributed by atoms with Gasteiger partial charge >= 0.3 is 0 Å². The minimum Gasteiger partial charge on any atom is -0.369 e. The third-order valence-electron chi connectivity index (χ3n) is 5.51. The van der Waals surface area contributed by atoms with E-state index >= 15 is 0 Å². The first kappa shape index (κ1) is 17.9. The van der Waals surface area contributed by atoms with Gasteiger partial charge in [-0.15, -0.1) is 0 Å². The number of benzene rings is 1. The van der Waals surface area contributed by atoms with Crippen LogP contribution < -0.4 is 10.6 Å². The third-order valence-corrected chi connectivity index (χ3v) is 5.51. The van der Waals surface area contributed by atoms with Crippen LogP contribution in [0.4, 0.5) is 5.69 Å². The van der Waals surface area contributed by atoms with Gasteiger partial charge in [-0.05, 0) is 44.4 Å². The van der Waals surface area contributed by atoms with Crippen LogP contribution in [0.3, 0.4) is 0 Å². The Morgan fingerprint density at radius 1 is 1.04 bits per heavy atom. The summed E-state index contributed by atoms with van der Waals surface area (Å²) in [5, 5.41) is 0. The Bertz CT molecular complexity index is 584. The molecule has 1 aromatic carbocycles. The van der Waals surface area contributed by atoms with Gasteiger partial charge in [0.2, 0.25) is 11.8 Å². The molecule has 136 valence electrons. The minimum absolute atomic E-state index is 0.124. The van der Waals surface area contributed by atoms with Crippen LogP contribution in [0.1, 0.15) is 44.9 Å². The second-order valence-electron chi connectivity index (χ2n) is 7.37. The fourth-order valence-electron chi connectivity index (χ4n) is 4.19. The van der Waals surface area contributed by atoms with Crippen LogP contribution in [-0.4, -0.2) is 42.4 Å². The number of carbonyl (C=O) groups is 2. The summed E-state index contributed by atoms with van der Waals surface area (Å²) in [5.41, 5.74) is 6.46. The van der Waals surface area contributed by atoms with Gasteiger partial charge in [-0.3, -0.25) is 14.5 Å². The van der Waals surface area contributed by atoms with Gasteiger partial charge in [0.15, 0.2) is 0 Å². The molecule has 3 rings (SSSR count). The lowest BCUT2D eigenvalue weighted by Crippen LogP contribution is -2.49. The van der Waals surface area contributed by atoms with E-state index in [9.17, 15) is 9.59 Å². The Labute approximate surface area is 150 Å². The molecule has 2 N–H and O–H groups in total. The van der Waals surface area contributed by atoms with Gasteiger partial charge in [0.05, 0.1) is 12.5 Å². The largest absolute Gasteiger partial charge is 0.369 e. The smallest absolute Gasteiger partial charge is 0.241 e. The second kappa shape index (κ2) is 8.48. The minimum atomic E-state index is -0.246. The molecule has 1 aliphatic carbocycles. The Morgan fingerprint density at radius 2 is 1.76 bits per heavy atom. The first-order valence-corrected chi connectivity index (χ1v) is 9.54. The molecule has 2 amide bonds. The van der Waals surface area contributed by atoms with Crippen LogP contribution in [0.2, 0.25) is 0 Å². The van der Waals surface area contributed by atoms with Crippen LogP contribution in [0.15, 0.2) is 30.3 Å². The zero-order chi connectivity index (χ0) is 17.6. The van der Waals surface area contributed by atoms with Crippen molar-refractivity contribution in [1.29, 1.82) is 0 Å². The fraction of sp³-hybridized carbons (Fsp3) is 0.600. The molecular weight excluding hydrogens is 314 g/mol. The molecule has 0 radical (unpaired) electrons. The van der Waals surface area contributed by atoms with E-state index in [-0.39, 0.29) is 17.7 Å². The Kier molecular flexibility index (Phi) is 6.08. The Balaban J connectivity index is 1.71. The van der Waals surface area contributed by atoms with Crippen LogP contribution in [0, 0.1) is 5.92 Å². The number of primary amides is 1. The molecule has 1 saturated carbocycles. The molecule has 25 heavy (non-hydrogen) atoms. The van der Waals surface area contributed by atoms with Crippen LogP contribution >= 0.6 is 0 Å². The SMILES string of the molecule is NC(=O)[C@@H]1CCCN(CC(=O)N(c2ccccc2)C2CCCCC2)C1. The van der Waals surface area contributed by atoms with Crippen molar-refractivity contribution in [2.45, 2.75) is 51.0 Å². The van der Waals surface area contributed by atoms with E-state index in [4.69, 9.17) is 5.73 Å². The number of anilines is 1. The van der Waals surface area contributed by atoms with Gasteiger partial charge < -0.3 is 10.6 Å². The number of hydrogen-bond donors (Lipinski definition) is 1. The average Bonchev–Trinajstić information content (AvgIpc) is 2.64. The first-order valence-electron chi connectivity index (χ1n) is 9.54. The molecule has 0 spiro atoms. The number of rotatable bonds is 5. The van der Waals surface area contributed by atoms with Gasteiger partial charge in [-0.2, -0.15) is 0 Å². The summed E-state index contributed by atoms with van der Waals surface area (Å²) in [6, 6.07) is 10.3. The molecule has 0 bridgehead atoms. The van der Waals surface area contributed by atoms with E-state index in [1.165, 1.54) is 19.3 Å². The van der Waals surface area contributed by atoms with Crippen molar-refractivity contribution >= 4 is 17.5 Å². The van der Waals surface area contributed by atoms with Crippen molar-refractivity contribution in [1.82, 2.24) is 4.90 Å². The highest BCUT2D eigenvalue weighted by Gasteiger charge is 2.30. The van der Waals surface area contributed by atoms with Gasteiger partial charge in [-0.1, -0.05) is 37.5 Å². The highest BCUT2D eigenvalue weighted by Crippen LogP contribution is 2.28. The van der Waals surface area contributed by atoms with Gasteiger partial charge in [0.1, 0.15) is 0 Å². The Morgan fingerprint density at radius 3 is 2.44 bits per heavy atom. The molecule has 0 unspecified atom stereocenters. The lowest BCUT2D eigenvalue weighted by Gasteiger charge is -2.37. The summed E-state index contributed by atoms with van der Waals surface area (Å²) in [4.78, 5) is 28.7. The monoisotopic (exact) mass is 343 g/mol. The molecule has 0 aromatic heterocycles.